The first-order chi connectivity index (χ1) is 11.4. The van der Waals surface area contributed by atoms with Crippen molar-refractivity contribution in [2.75, 3.05) is 11.9 Å². The molecule has 7 heteroatoms. The van der Waals surface area contributed by atoms with E-state index in [1.54, 1.807) is 18.2 Å². The Morgan fingerprint density at radius 3 is 2.48 bits per heavy atom. The Kier molecular flexibility index (Phi) is 8.60. The Morgan fingerprint density at radius 2 is 1.84 bits per heavy atom. The molecule has 0 aromatic heterocycles. The van der Waals surface area contributed by atoms with Crippen LogP contribution < -0.4 is 15.8 Å². The van der Waals surface area contributed by atoms with Crippen molar-refractivity contribution in [1.29, 1.82) is 0 Å². The third-order valence-corrected chi connectivity index (χ3v) is 3.20. The number of alkyl halides is 2. The third kappa shape index (κ3) is 7.68. The van der Waals surface area contributed by atoms with E-state index >= 15 is 0 Å². The van der Waals surface area contributed by atoms with Crippen LogP contribution in [0.3, 0.4) is 0 Å². The lowest BCUT2D eigenvalue weighted by atomic mass is 10.1. The van der Waals surface area contributed by atoms with Crippen molar-refractivity contribution < 1.29 is 13.5 Å². The SMILES string of the molecule is Cc1cc(C)cc(NC(N)=NCc2cccc(OCC(F)F)c2)c1.I. The highest BCUT2D eigenvalue weighted by atomic mass is 127. The van der Waals surface area contributed by atoms with Gasteiger partial charge in [-0.2, -0.15) is 0 Å². The zero-order chi connectivity index (χ0) is 17.5. The number of hydrogen-bond acceptors (Lipinski definition) is 2. The van der Waals surface area contributed by atoms with E-state index in [1.807, 2.05) is 32.0 Å². The molecule has 0 aliphatic carbocycles. The number of nitrogens with one attached hydrogen (secondary N) is 1. The van der Waals surface area contributed by atoms with Gasteiger partial charge in [0, 0.05) is 5.69 Å². The van der Waals surface area contributed by atoms with Gasteiger partial charge in [-0.3, -0.25) is 0 Å². The van der Waals surface area contributed by atoms with Crippen LogP contribution in [0.2, 0.25) is 0 Å². The number of guanidine groups is 1. The van der Waals surface area contributed by atoms with Crippen LogP contribution in [0.4, 0.5) is 14.5 Å². The minimum Gasteiger partial charge on any atom is -0.488 e. The van der Waals surface area contributed by atoms with Gasteiger partial charge in [0.25, 0.3) is 6.43 Å². The number of hydrogen-bond donors (Lipinski definition) is 2. The van der Waals surface area contributed by atoms with Gasteiger partial charge in [-0.05, 0) is 54.8 Å². The summed E-state index contributed by atoms with van der Waals surface area (Å²) < 4.78 is 29.3. The molecule has 0 amide bonds. The summed E-state index contributed by atoms with van der Waals surface area (Å²) in [7, 11) is 0. The van der Waals surface area contributed by atoms with Crippen molar-refractivity contribution in [3.8, 4) is 5.75 Å². The summed E-state index contributed by atoms with van der Waals surface area (Å²) in [6, 6.07) is 12.9. The van der Waals surface area contributed by atoms with Crippen LogP contribution in [0, 0.1) is 13.8 Å². The lowest BCUT2D eigenvalue weighted by molar-refractivity contribution is 0.0818. The summed E-state index contributed by atoms with van der Waals surface area (Å²) in [6.07, 6.45) is -2.50. The summed E-state index contributed by atoms with van der Waals surface area (Å²) in [4.78, 5) is 4.26. The zero-order valence-corrected chi connectivity index (χ0v) is 16.5. The van der Waals surface area contributed by atoms with Crippen LogP contribution in [0.15, 0.2) is 47.5 Å². The largest absolute Gasteiger partial charge is 0.488 e. The van der Waals surface area contributed by atoms with Gasteiger partial charge >= 0.3 is 0 Å². The van der Waals surface area contributed by atoms with E-state index in [0.29, 0.717) is 18.3 Å². The number of rotatable bonds is 6. The van der Waals surface area contributed by atoms with Gasteiger partial charge < -0.3 is 15.8 Å². The molecule has 2 rings (SSSR count). The molecule has 0 bridgehead atoms. The number of ether oxygens (including phenoxy) is 1. The normalized spacial score (nSPS) is 11.2. The monoisotopic (exact) mass is 461 g/mol. The van der Waals surface area contributed by atoms with Gasteiger partial charge in [0.15, 0.2) is 5.96 Å². The van der Waals surface area contributed by atoms with E-state index < -0.39 is 13.0 Å². The van der Waals surface area contributed by atoms with Crippen molar-refractivity contribution in [3.05, 3.63) is 59.2 Å². The smallest absolute Gasteiger partial charge is 0.272 e. The average Bonchev–Trinajstić information content (AvgIpc) is 2.50. The lowest BCUT2D eigenvalue weighted by Crippen LogP contribution is -2.22. The predicted molar refractivity (Wildman–Crippen MR) is 108 cm³/mol. The maximum atomic E-state index is 12.2. The summed E-state index contributed by atoms with van der Waals surface area (Å²) in [5.41, 5.74) is 9.87. The Morgan fingerprint density at radius 1 is 1.16 bits per heavy atom. The number of anilines is 1. The van der Waals surface area contributed by atoms with Crippen LogP contribution in [0.1, 0.15) is 16.7 Å². The summed E-state index contributed by atoms with van der Waals surface area (Å²) in [5.74, 6) is 0.683. The zero-order valence-electron chi connectivity index (χ0n) is 14.1. The van der Waals surface area contributed by atoms with Crippen LogP contribution >= 0.6 is 24.0 Å². The second kappa shape index (κ2) is 10.2. The summed E-state index contributed by atoms with van der Waals surface area (Å²) in [5, 5.41) is 3.05. The molecule has 0 fully saturated rings. The second-order valence-electron chi connectivity index (χ2n) is 5.55. The molecule has 25 heavy (non-hydrogen) atoms. The third-order valence-electron chi connectivity index (χ3n) is 3.20. The highest BCUT2D eigenvalue weighted by Gasteiger charge is 2.04. The first-order valence-corrected chi connectivity index (χ1v) is 7.57. The molecule has 0 aliphatic heterocycles. The van der Waals surface area contributed by atoms with Gasteiger partial charge in [0.05, 0.1) is 6.54 Å². The second-order valence-corrected chi connectivity index (χ2v) is 5.55. The first kappa shape index (κ1) is 21.1. The molecule has 0 unspecified atom stereocenters. The van der Waals surface area contributed by atoms with Crippen molar-refractivity contribution >= 4 is 35.6 Å². The van der Waals surface area contributed by atoms with Gasteiger partial charge in [0.1, 0.15) is 12.4 Å². The Hall–Kier alpha value is -1.90. The molecule has 0 saturated carbocycles. The van der Waals surface area contributed by atoms with Gasteiger partial charge in [-0.15, -0.1) is 24.0 Å². The van der Waals surface area contributed by atoms with Crippen LogP contribution in [-0.4, -0.2) is 19.0 Å². The molecule has 2 aromatic rings. The molecular weight excluding hydrogens is 439 g/mol. The Bertz CT molecular complexity index is 703. The molecule has 0 heterocycles. The number of nitrogens with two attached hydrogens (primary N) is 1. The quantitative estimate of drug-likeness (QED) is 0.379. The molecule has 0 atom stereocenters. The molecule has 4 nitrogen and oxygen atoms in total. The molecule has 136 valence electrons. The minimum atomic E-state index is -2.50. The number of aryl methyl sites for hydroxylation is 2. The standard InChI is InChI=1S/C18H21F2N3O.HI/c1-12-6-13(2)8-15(7-12)23-18(21)22-10-14-4-3-5-16(9-14)24-11-17(19)20;/h3-9,17H,10-11H2,1-2H3,(H3,21,22,23);1H. The number of nitrogens with zero attached hydrogens (tertiary/aromatic N) is 1. The molecule has 0 spiro atoms. The maximum Gasteiger partial charge on any atom is 0.272 e. The van der Waals surface area contributed by atoms with E-state index in [-0.39, 0.29) is 24.0 Å². The molecule has 0 saturated heterocycles. The number of benzene rings is 2. The molecule has 2 aromatic carbocycles. The number of halogens is 3. The van der Waals surface area contributed by atoms with Gasteiger partial charge in [-0.25, -0.2) is 13.8 Å². The van der Waals surface area contributed by atoms with E-state index in [4.69, 9.17) is 10.5 Å². The predicted octanol–water partition coefficient (Wildman–Crippen LogP) is 4.49. The highest BCUT2D eigenvalue weighted by Crippen LogP contribution is 2.16. The summed E-state index contributed by atoms with van der Waals surface area (Å²) in [6.45, 7) is 3.73. The summed E-state index contributed by atoms with van der Waals surface area (Å²) >= 11 is 0. The van der Waals surface area contributed by atoms with Crippen LogP contribution in [0.25, 0.3) is 0 Å². The number of aliphatic imine (C=N–C) groups is 1. The molecule has 3 N–H and O–H groups in total. The van der Waals surface area contributed by atoms with E-state index in [0.717, 1.165) is 22.4 Å². The van der Waals surface area contributed by atoms with E-state index in [1.165, 1.54) is 0 Å². The highest BCUT2D eigenvalue weighted by molar-refractivity contribution is 14.0. The Labute approximate surface area is 163 Å². The molecule has 0 aliphatic rings. The minimum absolute atomic E-state index is 0. The fourth-order valence-electron chi connectivity index (χ4n) is 2.30. The van der Waals surface area contributed by atoms with Crippen molar-refractivity contribution in [1.82, 2.24) is 0 Å². The van der Waals surface area contributed by atoms with Gasteiger partial charge in [-0.1, -0.05) is 18.2 Å². The van der Waals surface area contributed by atoms with E-state index in [2.05, 4.69) is 16.4 Å². The first-order valence-electron chi connectivity index (χ1n) is 7.57. The fraction of sp³-hybridized carbons (Fsp3) is 0.278. The Balaban J connectivity index is 0.00000312. The van der Waals surface area contributed by atoms with Crippen LogP contribution in [-0.2, 0) is 6.54 Å². The van der Waals surface area contributed by atoms with Crippen molar-refractivity contribution in [3.63, 3.8) is 0 Å². The molecule has 0 radical (unpaired) electrons. The maximum absolute atomic E-state index is 12.2. The fourth-order valence-corrected chi connectivity index (χ4v) is 2.30. The topological polar surface area (TPSA) is 59.6 Å². The van der Waals surface area contributed by atoms with Crippen molar-refractivity contribution in [2.45, 2.75) is 26.8 Å². The van der Waals surface area contributed by atoms with E-state index in [9.17, 15) is 8.78 Å². The van der Waals surface area contributed by atoms with Crippen molar-refractivity contribution in [2.24, 2.45) is 10.7 Å². The van der Waals surface area contributed by atoms with Gasteiger partial charge in [0.2, 0.25) is 0 Å². The average molecular weight is 461 g/mol. The van der Waals surface area contributed by atoms with Crippen LogP contribution in [0.5, 0.6) is 5.75 Å². The lowest BCUT2D eigenvalue weighted by Gasteiger charge is -2.09. The molecular formula is C18H22F2IN3O.